The first-order chi connectivity index (χ1) is 6.64. The Hall–Kier alpha value is 0.310. The average Bonchev–Trinajstić information content (AvgIpc) is 2.56. The van der Waals surface area contributed by atoms with Gasteiger partial charge in [0.25, 0.3) is 0 Å². The molecule has 0 aliphatic heterocycles. The second-order valence-electron chi connectivity index (χ2n) is 2.69. The Labute approximate surface area is 117 Å². The van der Waals surface area contributed by atoms with Gasteiger partial charge in [-0.25, -0.2) is 4.98 Å². The number of aromatic nitrogens is 2. The quantitative estimate of drug-likeness (QED) is 0.433. The van der Waals surface area contributed by atoms with Crippen LogP contribution in [0.3, 0.4) is 0 Å². The van der Waals surface area contributed by atoms with Crippen molar-refractivity contribution in [3.63, 3.8) is 0 Å². The van der Waals surface area contributed by atoms with Crippen molar-refractivity contribution >= 4 is 52.3 Å². The fraction of sp³-hybridized carbons (Fsp3) is 0.571. The van der Waals surface area contributed by atoms with Crippen LogP contribution in [-0.4, -0.2) is 59.2 Å². The molecule has 0 saturated carbocycles. The summed E-state index contributed by atoms with van der Waals surface area (Å²) in [6, 6.07) is 0. The van der Waals surface area contributed by atoms with Crippen molar-refractivity contribution in [2.75, 3.05) is 11.5 Å². The monoisotopic (exact) mass is 260 g/mol. The molecule has 5 nitrogen and oxygen atoms in total. The normalized spacial score (nSPS) is 10.7. The second kappa shape index (κ2) is 7.56. The molecule has 0 bridgehead atoms. The van der Waals surface area contributed by atoms with Gasteiger partial charge in [0.2, 0.25) is 0 Å². The molecule has 1 heterocycles. The fourth-order valence-corrected chi connectivity index (χ4v) is 2.06. The van der Waals surface area contributed by atoms with Crippen LogP contribution >= 0.6 is 12.6 Å². The molecule has 1 rings (SSSR count). The SMILES string of the molecule is O=S(=O)(CCCCS)On1ccnc1.[NaH]. The summed E-state index contributed by atoms with van der Waals surface area (Å²) in [5.41, 5.74) is 0. The van der Waals surface area contributed by atoms with Gasteiger partial charge in [-0.05, 0) is 18.6 Å². The summed E-state index contributed by atoms with van der Waals surface area (Å²) < 4.78 is 28.3. The van der Waals surface area contributed by atoms with Crippen LogP contribution in [0.4, 0.5) is 0 Å². The van der Waals surface area contributed by atoms with E-state index in [1.54, 1.807) is 0 Å². The van der Waals surface area contributed by atoms with Gasteiger partial charge in [-0.2, -0.15) is 25.8 Å². The van der Waals surface area contributed by atoms with Gasteiger partial charge in [-0.15, -0.1) is 0 Å². The van der Waals surface area contributed by atoms with E-state index >= 15 is 0 Å². The van der Waals surface area contributed by atoms with Crippen molar-refractivity contribution in [3.05, 3.63) is 18.7 Å². The Morgan fingerprint density at radius 3 is 2.67 bits per heavy atom. The van der Waals surface area contributed by atoms with E-state index in [0.29, 0.717) is 12.2 Å². The van der Waals surface area contributed by atoms with Gasteiger partial charge in [0.05, 0.1) is 11.9 Å². The Morgan fingerprint density at radius 2 is 2.13 bits per heavy atom. The Bertz CT molecular complexity index is 352. The molecule has 0 aliphatic rings. The Balaban J connectivity index is 0.00000196. The van der Waals surface area contributed by atoms with Crippen molar-refractivity contribution in [1.29, 1.82) is 0 Å². The molecule has 0 aromatic carbocycles. The Kier molecular flexibility index (Phi) is 7.72. The van der Waals surface area contributed by atoms with E-state index < -0.39 is 10.1 Å². The van der Waals surface area contributed by atoms with E-state index in [0.717, 1.165) is 11.2 Å². The van der Waals surface area contributed by atoms with Gasteiger partial charge in [-0.1, -0.05) is 0 Å². The van der Waals surface area contributed by atoms with Crippen LogP contribution in [0.5, 0.6) is 0 Å². The summed E-state index contributed by atoms with van der Waals surface area (Å²) in [5.74, 6) is 0.687. The zero-order valence-electron chi connectivity index (χ0n) is 7.54. The average molecular weight is 260 g/mol. The van der Waals surface area contributed by atoms with Crippen molar-refractivity contribution in [3.8, 4) is 0 Å². The number of nitrogens with zero attached hydrogens (tertiary/aromatic N) is 2. The number of thiol groups is 1. The molecule has 0 amide bonds. The van der Waals surface area contributed by atoms with Gasteiger partial charge in [0.1, 0.15) is 6.33 Å². The maximum absolute atomic E-state index is 11.3. The third kappa shape index (κ3) is 6.47. The standard InChI is InChI=1S/C7H12N2O3S2.Na.H/c10-14(11,6-2-1-5-13)12-9-4-3-8-7-9;;/h3-4,7,13H,1-2,5-6H2;;. The minimum atomic E-state index is -3.49. The zero-order valence-corrected chi connectivity index (χ0v) is 9.25. The molecule has 82 valence electrons. The second-order valence-corrected chi connectivity index (χ2v) is 4.81. The van der Waals surface area contributed by atoms with Crippen LogP contribution in [-0.2, 0) is 10.1 Å². The number of imidazole rings is 1. The minimum absolute atomic E-state index is 0. The molecule has 0 N–H and O–H groups in total. The molecule has 8 heteroatoms. The molecular formula is C7H13N2NaO3S2. The van der Waals surface area contributed by atoms with Gasteiger partial charge >= 0.3 is 39.7 Å². The predicted molar refractivity (Wildman–Crippen MR) is 62.8 cm³/mol. The molecule has 1 aromatic rings. The molecular weight excluding hydrogens is 247 g/mol. The van der Waals surface area contributed by atoms with Gasteiger partial charge in [0.15, 0.2) is 0 Å². The van der Waals surface area contributed by atoms with Crippen LogP contribution in [0.2, 0.25) is 0 Å². The zero-order chi connectivity index (χ0) is 10.4. The molecule has 1 aromatic heterocycles. The maximum atomic E-state index is 11.3. The van der Waals surface area contributed by atoms with Crippen LogP contribution < -0.4 is 4.28 Å². The summed E-state index contributed by atoms with van der Waals surface area (Å²) in [6.45, 7) is 0. The van der Waals surface area contributed by atoms with E-state index in [2.05, 4.69) is 21.9 Å². The van der Waals surface area contributed by atoms with Crippen molar-refractivity contribution in [2.45, 2.75) is 12.8 Å². The topological polar surface area (TPSA) is 61.2 Å². The van der Waals surface area contributed by atoms with Crippen molar-refractivity contribution < 1.29 is 12.7 Å². The molecule has 0 radical (unpaired) electrons. The van der Waals surface area contributed by atoms with Gasteiger partial charge in [-0.3, -0.25) is 4.28 Å². The molecule has 0 fully saturated rings. The van der Waals surface area contributed by atoms with Crippen LogP contribution in [0.25, 0.3) is 0 Å². The molecule has 0 spiro atoms. The number of hydrogen-bond acceptors (Lipinski definition) is 5. The first kappa shape index (κ1) is 15.3. The third-order valence-corrected chi connectivity index (χ3v) is 2.99. The van der Waals surface area contributed by atoms with Crippen LogP contribution in [0.15, 0.2) is 18.7 Å². The van der Waals surface area contributed by atoms with Crippen molar-refractivity contribution in [2.24, 2.45) is 0 Å². The molecule has 0 saturated heterocycles. The summed E-state index contributed by atoms with van der Waals surface area (Å²) in [6.07, 6.45) is 5.48. The van der Waals surface area contributed by atoms with Gasteiger partial charge < -0.3 is 0 Å². The van der Waals surface area contributed by atoms with Gasteiger partial charge in [0, 0.05) is 6.20 Å². The third-order valence-electron chi connectivity index (χ3n) is 1.48. The summed E-state index contributed by atoms with van der Waals surface area (Å²) in [7, 11) is -3.49. The van der Waals surface area contributed by atoms with E-state index in [1.807, 2.05) is 0 Å². The van der Waals surface area contributed by atoms with E-state index in [1.165, 1.54) is 18.7 Å². The van der Waals surface area contributed by atoms with Crippen LogP contribution in [0, 0.1) is 0 Å². The summed E-state index contributed by atoms with van der Waals surface area (Å²) >= 11 is 3.99. The predicted octanol–water partition coefficient (Wildman–Crippen LogP) is -0.297. The number of rotatable bonds is 6. The number of hydrogen-bond donors (Lipinski definition) is 1. The molecule has 15 heavy (non-hydrogen) atoms. The Morgan fingerprint density at radius 1 is 1.40 bits per heavy atom. The number of unbranched alkanes of at least 4 members (excludes halogenated alkanes) is 1. The summed E-state index contributed by atoms with van der Waals surface area (Å²) in [5, 5.41) is 0. The molecule has 0 aliphatic carbocycles. The molecule has 0 unspecified atom stereocenters. The first-order valence-corrected chi connectivity index (χ1v) is 6.36. The first-order valence-electron chi connectivity index (χ1n) is 4.15. The van der Waals surface area contributed by atoms with E-state index in [9.17, 15) is 8.42 Å². The van der Waals surface area contributed by atoms with E-state index in [-0.39, 0.29) is 35.3 Å². The van der Waals surface area contributed by atoms with Crippen LogP contribution in [0.1, 0.15) is 12.8 Å². The fourth-order valence-electron chi connectivity index (χ4n) is 0.850. The van der Waals surface area contributed by atoms with E-state index in [4.69, 9.17) is 0 Å². The summed E-state index contributed by atoms with van der Waals surface area (Å²) in [4.78, 5) is 3.66. The molecule has 0 atom stereocenters. The van der Waals surface area contributed by atoms with Crippen molar-refractivity contribution in [1.82, 2.24) is 9.71 Å².